The van der Waals surface area contributed by atoms with Gasteiger partial charge in [-0.05, 0) is 26.9 Å². The Morgan fingerprint density at radius 1 is 1.06 bits per heavy atom. The van der Waals surface area contributed by atoms with Gasteiger partial charge < -0.3 is 9.47 Å². The Morgan fingerprint density at radius 3 is 2.06 bits per heavy atom. The maximum absolute atomic E-state index is 11.7. The lowest BCUT2D eigenvalue weighted by Gasteiger charge is -2.21. The first-order valence-corrected chi connectivity index (χ1v) is 6.01. The van der Waals surface area contributed by atoms with E-state index in [1.165, 1.54) is 0 Å². The molecule has 0 radical (unpaired) electrons. The summed E-state index contributed by atoms with van der Waals surface area (Å²) in [6.07, 6.45) is 1.58. The second-order valence-electron chi connectivity index (χ2n) is 4.07. The van der Waals surface area contributed by atoms with Crippen LogP contribution in [0.5, 0.6) is 0 Å². The zero-order chi connectivity index (χ0) is 13.3. The van der Waals surface area contributed by atoms with Crippen LogP contribution in [0.4, 0.5) is 0 Å². The molecule has 0 spiro atoms. The predicted molar refractivity (Wildman–Crippen MR) is 64.6 cm³/mol. The van der Waals surface area contributed by atoms with Crippen LogP contribution in [0, 0.1) is 0 Å². The standard InChI is InChI=1S/C12H23NO4/c1-5-7-16-11(14)9-10(13(3)4)12(15)17-8-6-2/h10H,5-9H2,1-4H3. The molecule has 0 saturated carbocycles. The van der Waals surface area contributed by atoms with Crippen molar-refractivity contribution in [3.8, 4) is 0 Å². The molecule has 5 heteroatoms. The topological polar surface area (TPSA) is 55.8 Å². The molecule has 0 bridgehead atoms. The first kappa shape index (κ1) is 15.9. The van der Waals surface area contributed by atoms with Gasteiger partial charge in [-0.25, -0.2) is 0 Å². The van der Waals surface area contributed by atoms with E-state index in [4.69, 9.17) is 9.47 Å². The van der Waals surface area contributed by atoms with Crippen LogP contribution < -0.4 is 0 Å². The Balaban J connectivity index is 4.23. The van der Waals surface area contributed by atoms with Crippen molar-refractivity contribution in [1.29, 1.82) is 0 Å². The molecule has 17 heavy (non-hydrogen) atoms. The minimum atomic E-state index is -0.564. The minimum absolute atomic E-state index is 0.0372. The third kappa shape index (κ3) is 6.94. The summed E-state index contributed by atoms with van der Waals surface area (Å²) in [5, 5.41) is 0. The van der Waals surface area contributed by atoms with Crippen LogP contribution in [0.2, 0.25) is 0 Å². The number of nitrogens with zero attached hydrogens (tertiary/aromatic N) is 1. The van der Waals surface area contributed by atoms with Crippen LogP contribution in [-0.2, 0) is 19.1 Å². The maximum Gasteiger partial charge on any atom is 0.323 e. The van der Waals surface area contributed by atoms with Crippen molar-refractivity contribution in [2.45, 2.75) is 39.2 Å². The largest absolute Gasteiger partial charge is 0.466 e. The zero-order valence-corrected chi connectivity index (χ0v) is 11.2. The normalized spacial score (nSPS) is 12.3. The van der Waals surface area contributed by atoms with Gasteiger partial charge in [-0.1, -0.05) is 13.8 Å². The quantitative estimate of drug-likeness (QED) is 0.602. The van der Waals surface area contributed by atoms with Crippen molar-refractivity contribution in [2.24, 2.45) is 0 Å². The molecule has 0 rings (SSSR count). The number of carbonyl (C=O) groups excluding carboxylic acids is 2. The summed E-state index contributed by atoms with van der Waals surface area (Å²) in [5.74, 6) is -0.732. The molecule has 5 nitrogen and oxygen atoms in total. The van der Waals surface area contributed by atoms with Gasteiger partial charge in [0, 0.05) is 0 Å². The molecule has 0 aliphatic carbocycles. The van der Waals surface area contributed by atoms with Crippen LogP contribution in [0.25, 0.3) is 0 Å². The predicted octanol–water partition coefficient (Wildman–Crippen LogP) is 1.21. The molecule has 0 amide bonds. The van der Waals surface area contributed by atoms with Crippen molar-refractivity contribution >= 4 is 11.9 Å². The third-order valence-corrected chi connectivity index (χ3v) is 2.17. The molecule has 0 aliphatic rings. The van der Waals surface area contributed by atoms with E-state index in [1.54, 1.807) is 19.0 Å². The molecule has 0 heterocycles. The van der Waals surface area contributed by atoms with E-state index in [-0.39, 0.29) is 18.4 Å². The molecule has 1 unspecified atom stereocenters. The van der Waals surface area contributed by atoms with E-state index in [0.29, 0.717) is 13.2 Å². The van der Waals surface area contributed by atoms with E-state index >= 15 is 0 Å². The van der Waals surface area contributed by atoms with Gasteiger partial charge in [0.25, 0.3) is 0 Å². The zero-order valence-electron chi connectivity index (χ0n) is 11.2. The van der Waals surface area contributed by atoms with Gasteiger partial charge in [-0.15, -0.1) is 0 Å². The highest BCUT2D eigenvalue weighted by atomic mass is 16.5. The highest BCUT2D eigenvalue weighted by Gasteiger charge is 2.25. The van der Waals surface area contributed by atoms with Crippen LogP contribution in [0.3, 0.4) is 0 Å². The molecule has 0 aromatic heterocycles. The fourth-order valence-corrected chi connectivity index (χ4v) is 1.21. The monoisotopic (exact) mass is 245 g/mol. The Labute approximate surface area is 103 Å². The first-order valence-electron chi connectivity index (χ1n) is 6.01. The van der Waals surface area contributed by atoms with Crippen LogP contribution >= 0.6 is 0 Å². The SMILES string of the molecule is CCCOC(=O)CC(C(=O)OCCC)N(C)C. The molecule has 1 atom stereocenters. The lowest BCUT2D eigenvalue weighted by atomic mass is 10.2. The number of likely N-dealkylation sites (N-methyl/N-ethyl adjacent to an activating group) is 1. The van der Waals surface area contributed by atoms with Crippen LogP contribution in [0.1, 0.15) is 33.1 Å². The van der Waals surface area contributed by atoms with Crippen LogP contribution in [0.15, 0.2) is 0 Å². The Kier molecular flexibility index (Phi) is 8.40. The molecule has 0 N–H and O–H groups in total. The molecule has 100 valence electrons. The second kappa shape index (κ2) is 8.98. The molecule has 0 fully saturated rings. The molecular formula is C12H23NO4. The van der Waals surface area contributed by atoms with E-state index in [0.717, 1.165) is 12.8 Å². The van der Waals surface area contributed by atoms with Gasteiger partial charge in [-0.3, -0.25) is 14.5 Å². The molecule has 0 aromatic rings. The molecule has 0 aliphatic heterocycles. The summed E-state index contributed by atoms with van der Waals surface area (Å²) in [7, 11) is 3.48. The number of hydrogen-bond donors (Lipinski definition) is 0. The van der Waals surface area contributed by atoms with Crippen molar-refractivity contribution in [2.75, 3.05) is 27.3 Å². The third-order valence-electron chi connectivity index (χ3n) is 2.17. The summed E-state index contributed by atoms with van der Waals surface area (Å²) >= 11 is 0. The van der Waals surface area contributed by atoms with Gasteiger partial charge in [0.2, 0.25) is 0 Å². The van der Waals surface area contributed by atoms with E-state index in [9.17, 15) is 9.59 Å². The lowest BCUT2D eigenvalue weighted by Crippen LogP contribution is -2.39. The number of hydrogen-bond acceptors (Lipinski definition) is 5. The number of ether oxygens (including phenoxy) is 2. The number of carbonyl (C=O) groups is 2. The molecular weight excluding hydrogens is 222 g/mol. The fraction of sp³-hybridized carbons (Fsp3) is 0.833. The minimum Gasteiger partial charge on any atom is -0.466 e. The highest BCUT2D eigenvalue weighted by molar-refractivity contribution is 5.82. The fourth-order valence-electron chi connectivity index (χ4n) is 1.21. The molecule has 0 saturated heterocycles. The Morgan fingerprint density at radius 2 is 1.59 bits per heavy atom. The molecule has 0 aromatic carbocycles. The average molecular weight is 245 g/mol. The van der Waals surface area contributed by atoms with E-state index in [2.05, 4.69) is 0 Å². The summed E-state index contributed by atoms with van der Waals surface area (Å²) in [5.41, 5.74) is 0. The van der Waals surface area contributed by atoms with Gasteiger partial charge >= 0.3 is 11.9 Å². The summed E-state index contributed by atoms with van der Waals surface area (Å²) in [4.78, 5) is 24.8. The summed E-state index contributed by atoms with van der Waals surface area (Å²) in [6.45, 7) is 4.62. The van der Waals surface area contributed by atoms with E-state index < -0.39 is 6.04 Å². The Hall–Kier alpha value is -1.10. The second-order valence-corrected chi connectivity index (χ2v) is 4.07. The van der Waals surface area contributed by atoms with Gasteiger partial charge in [0.15, 0.2) is 0 Å². The first-order chi connectivity index (χ1) is 8.02. The van der Waals surface area contributed by atoms with Gasteiger partial charge in [-0.2, -0.15) is 0 Å². The summed E-state index contributed by atoms with van der Waals surface area (Å²) < 4.78 is 9.98. The van der Waals surface area contributed by atoms with Crippen LogP contribution in [-0.4, -0.2) is 50.2 Å². The summed E-state index contributed by atoms with van der Waals surface area (Å²) in [6, 6.07) is -0.564. The highest BCUT2D eigenvalue weighted by Crippen LogP contribution is 2.05. The smallest absolute Gasteiger partial charge is 0.323 e. The Bertz CT molecular complexity index is 241. The van der Waals surface area contributed by atoms with E-state index in [1.807, 2.05) is 13.8 Å². The van der Waals surface area contributed by atoms with Crippen molar-refractivity contribution in [1.82, 2.24) is 4.90 Å². The van der Waals surface area contributed by atoms with Gasteiger partial charge in [0.1, 0.15) is 6.04 Å². The van der Waals surface area contributed by atoms with Crippen molar-refractivity contribution in [3.63, 3.8) is 0 Å². The average Bonchev–Trinajstić information content (AvgIpc) is 2.29. The van der Waals surface area contributed by atoms with Crippen molar-refractivity contribution in [3.05, 3.63) is 0 Å². The maximum atomic E-state index is 11.7. The van der Waals surface area contributed by atoms with Crippen molar-refractivity contribution < 1.29 is 19.1 Å². The number of esters is 2. The lowest BCUT2D eigenvalue weighted by molar-refractivity contribution is -0.155. The number of rotatable bonds is 8. The van der Waals surface area contributed by atoms with Gasteiger partial charge in [0.05, 0.1) is 19.6 Å².